The molecule has 4 aliphatic rings. The largest absolute Gasteiger partial charge is 0.208 e. The summed E-state index contributed by atoms with van der Waals surface area (Å²) in [6.45, 7) is 0. The quantitative estimate of drug-likeness (QED) is 0.210. The molecule has 0 atom stereocenters. The molecule has 208 valence electrons. The smallest absolute Gasteiger partial charge is 0.164 e. The molecule has 4 bridgehead atoms. The van der Waals surface area contributed by atoms with Gasteiger partial charge in [-0.25, -0.2) is 15.0 Å². The summed E-state index contributed by atoms with van der Waals surface area (Å²) >= 11 is 1.74. The summed E-state index contributed by atoms with van der Waals surface area (Å²) in [5.41, 5.74) is 5.49. The first-order valence-corrected chi connectivity index (χ1v) is 16.2. The Bertz CT molecular complexity index is 2030. The summed E-state index contributed by atoms with van der Waals surface area (Å²) < 4.78 is 2.36. The van der Waals surface area contributed by atoms with Crippen LogP contribution in [0.25, 0.3) is 54.3 Å². The topological polar surface area (TPSA) is 62.5 Å². The van der Waals surface area contributed by atoms with Crippen LogP contribution in [0.4, 0.5) is 0 Å². The molecule has 0 saturated heterocycles. The zero-order valence-electron chi connectivity index (χ0n) is 23.8. The van der Waals surface area contributed by atoms with Crippen molar-refractivity contribution in [1.29, 1.82) is 5.26 Å². The molecule has 5 heteroatoms. The number of nitrogens with zero attached hydrogens (tertiary/aromatic N) is 4. The number of nitriles is 1. The van der Waals surface area contributed by atoms with E-state index in [1.54, 1.807) is 11.3 Å². The molecule has 0 radical (unpaired) electrons. The van der Waals surface area contributed by atoms with Gasteiger partial charge in [0, 0.05) is 36.9 Å². The normalized spacial score (nSPS) is 24.0. The second-order valence-electron chi connectivity index (χ2n) is 13.1. The van der Waals surface area contributed by atoms with Crippen molar-refractivity contribution in [1.82, 2.24) is 15.0 Å². The van der Waals surface area contributed by atoms with E-state index >= 15 is 0 Å². The van der Waals surface area contributed by atoms with Gasteiger partial charge in [-0.15, -0.1) is 11.3 Å². The third-order valence-electron chi connectivity index (χ3n) is 10.3. The Hall–Kier alpha value is -4.40. The third kappa shape index (κ3) is 4.19. The van der Waals surface area contributed by atoms with Crippen LogP contribution in [0.2, 0.25) is 0 Å². The van der Waals surface area contributed by atoms with Gasteiger partial charge in [0.25, 0.3) is 0 Å². The fourth-order valence-electron chi connectivity index (χ4n) is 8.77. The van der Waals surface area contributed by atoms with Crippen LogP contribution in [0.1, 0.15) is 49.7 Å². The maximum Gasteiger partial charge on any atom is 0.164 e. The Kier molecular flexibility index (Phi) is 5.58. The van der Waals surface area contributed by atoms with Crippen LogP contribution in [0.3, 0.4) is 0 Å². The predicted octanol–water partition coefficient (Wildman–Crippen LogP) is 9.58. The van der Waals surface area contributed by atoms with Gasteiger partial charge in [-0.2, -0.15) is 5.26 Å². The van der Waals surface area contributed by atoms with Gasteiger partial charge in [0.1, 0.15) is 0 Å². The molecule has 6 aromatic rings. The van der Waals surface area contributed by atoms with E-state index in [2.05, 4.69) is 60.7 Å². The first-order valence-electron chi connectivity index (χ1n) is 15.4. The lowest BCUT2D eigenvalue weighted by atomic mass is 9.48. The monoisotopic (exact) mass is 574 g/mol. The molecule has 0 spiro atoms. The molecular weight excluding hydrogens is 545 g/mol. The summed E-state index contributed by atoms with van der Waals surface area (Å²) in [5, 5.41) is 11.7. The van der Waals surface area contributed by atoms with Gasteiger partial charge < -0.3 is 0 Å². The number of hydrogen-bond acceptors (Lipinski definition) is 5. The van der Waals surface area contributed by atoms with Crippen LogP contribution in [-0.2, 0) is 5.41 Å². The molecule has 2 heterocycles. The fraction of sp³-hybridized carbons (Fsp3) is 0.263. The van der Waals surface area contributed by atoms with Crippen molar-refractivity contribution >= 4 is 31.5 Å². The minimum absolute atomic E-state index is 0.372. The Morgan fingerprint density at radius 1 is 0.605 bits per heavy atom. The Labute approximate surface area is 255 Å². The highest BCUT2D eigenvalue weighted by atomic mass is 32.1. The first kappa shape index (κ1) is 25.1. The average molecular weight is 575 g/mol. The van der Waals surface area contributed by atoms with Crippen molar-refractivity contribution in [2.75, 3.05) is 0 Å². The SMILES string of the molecule is N#Cc1ccc2sc3ccc(-c4nc(-c5ccccc5)nc(-c5ccc(C67C[C@H]8C[C@H](C6)C[C@@H](C7)C8)cc5)n4)cc3c2c1. The van der Waals surface area contributed by atoms with E-state index < -0.39 is 0 Å². The van der Waals surface area contributed by atoms with Gasteiger partial charge in [0.15, 0.2) is 17.5 Å². The molecule has 4 saturated carbocycles. The van der Waals surface area contributed by atoms with Crippen LogP contribution in [0.5, 0.6) is 0 Å². The molecule has 2 aromatic heterocycles. The summed E-state index contributed by atoms with van der Waals surface area (Å²) in [6, 6.07) is 34.0. The number of rotatable bonds is 4. The summed E-state index contributed by atoms with van der Waals surface area (Å²) in [7, 11) is 0. The molecule has 4 fully saturated rings. The maximum atomic E-state index is 9.49. The first-order chi connectivity index (χ1) is 21.1. The second-order valence-corrected chi connectivity index (χ2v) is 14.2. The molecule has 4 nitrogen and oxygen atoms in total. The Morgan fingerprint density at radius 3 is 1.77 bits per heavy atom. The molecule has 10 rings (SSSR count). The van der Waals surface area contributed by atoms with Gasteiger partial charge in [-0.05, 0) is 104 Å². The molecule has 4 aliphatic carbocycles. The summed E-state index contributed by atoms with van der Waals surface area (Å²) in [4.78, 5) is 15.0. The lowest BCUT2D eigenvalue weighted by molar-refractivity contribution is -0.00518. The van der Waals surface area contributed by atoms with E-state index in [9.17, 15) is 5.26 Å². The van der Waals surface area contributed by atoms with E-state index in [0.29, 0.717) is 28.5 Å². The highest BCUT2D eigenvalue weighted by Crippen LogP contribution is 2.60. The van der Waals surface area contributed by atoms with Gasteiger partial charge in [0.05, 0.1) is 11.6 Å². The van der Waals surface area contributed by atoms with Gasteiger partial charge in [-0.3, -0.25) is 0 Å². The highest BCUT2D eigenvalue weighted by molar-refractivity contribution is 7.25. The van der Waals surface area contributed by atoms with E-state index in [0.717, 1.165) is 45.2 Å². The zero-order chi connectivity index (χ0) is 28.5. The molecular formula is C38H30N4S. The number of fused-ring (bicyclic) bond motifs is 3. The molecule has 4 aromatic carbocycles. The van der Waals surface area contributed by atoms with Crippen molar-refractivity contribution in [3.63, 3.8) is 0 Å². The maximum absolute atomic E-state index is 9.49. The van der Waals surface area contributed by atoms with Crippen LogP contribution < -0.4 is 0 Å². The van der Waals surface area contributed by atoms with Crippen molar-refractivity contribution in [2.45, 2.75) is 43.9 Å². The minimum Gasteiger partial charge on any atom is -0.208 e. The Balaban J connectivity index is 1.15. The molecule has 0 aliphatic heterocycles. The van der Waals surface area contributed by atoms with E-state index in [1.807, 2.05) is 36.4 Å². The number of benzene rings is 4. The van der Waals surface area contributed by atoms with Crippen molar-refractivity contribution in [3.8, 4) is 40.2 Å². The number of thiophene rings is 1. The highest BCUT2D eigenvalue weighted by Gasteiger charge is 2.51. The molecule has 0 N–H and O–H groups in total. The average Bonchev–Trinajstić information content (AvgIpc) is 3.41. The van der Waals surface area contributed by atoms with Crippen molar-refractivity contribution in [2.24, 2.45) is 17.8 Å². The van der Waals surface area contributed by atoms with Crippen LogP contribution in [0.15, 0.2) is 91.0 Å². The van der Waals surface area contributed by atoms with Crippen molar-refractivity contribution in [3.05, 3.63) is 102 Å². The molecule has 43 heavy (non-hydrogen) atoms. The number of aromatic nitrogens is 3. The molecule has 0 amide bonds. The van der Waals surface area contributed by atoms with Gasteiger partial charge >= 0.3 is 0 Å². The standard InChI is InChI=1S/C38H30N4S/c39-22-23-6-12-33-31(17-23)32-18-29(9-13-34(32)43-33)37-41-35(27-4-2-1-3-5-27)40-36(42-37)28-7-10-30(11-8-28)38-19-24-14-25(20-38)16-26(15-24)21-38/h1-13,17-18,24-26H,14-16,19-21H2/t24-,25-,26-,38?. The van der Waals surface area contributed by atoms with Gasteiger partial charge in [0.2, 0.25) is 0 Å². The molecule has 0 unspecified atom stereocenters. The number of hydrogen-bond donors (Lipinski definition) is 0. The zero-order valence-corrected chi connectivity index (χ0v) is 24.6. The van der Waals surface area contributed by atoms with Crippen LogP contribution in [-0.4, -0.2) is 15.0 Å². The fourth-order valence-corrected chi connectivity index (χ4v) is 9.84. The van der Waals surface area contributed by atoms with Crippen LogP contribution in [0, 0.1) is 29.1 Å². The predicted molar refractivity (Wildman–Crippen MR) is 174 cm³/mol. The summed E-state index contributed by atoms with van der Waals surface area (Å²) in [5.74, 6) is 4.81. The van der Waals surface area contributed by atoms with Crippen molar-refractivity contribution < 1.29 is 0 Å². The van der Waals surface area contributed by atoms with E-state index in [4.69, 9.17) is 15.0 Å². The second kappa shape index (κ2) is 9.56. The summed E-state index contributed by atoms with van der Waals surface area (Å²) in [6.07, 6.45) is 8.46. The lowest BCUT2D eigenvalue weighted by Gasteiger charge is -2.57. The van der Waals surface area contributed by atoms with Gasteiger partial charge in [-0.1, -0.05) is 54.6 Å². The third-order valence-corrected chi connectivity index (χ3v) is 11.5. The lowest BCUT2D eigenvalue weighted by Crippen LogP contribution is -2.48. The van der Waals surface area contributed by atoms with Crippen LogP contribution >= 0.6 is 11.3 Å². The van der Waals surface area contributed by atoms with E-state index in [1.165, 1.54) is 53.5 Å². The minimum atomic E-state index is 0.372. The Morgan fingerprint density at radius 2 is 1.14 bits per heavy atom. The van der Waals surface area contributed by atoms with E-state index in [-0.39, 0.29) is 0 Å².